The average Bonchev–Trinajstić information content (AvgIpc) is 2.24. The Morgan fingerprint density at radius 3 is 2.24 bits per heavy atom. The Morgan fingerprint density at radius 1 is 1.24 bits per heavy atom. The molecule has 0 heterocycles. The molecule has 0 radical (unpaired) electrons. The molecule has 5 heteroatoms. The molecule has 0 unspecified atom stereocenters. The Bertz CT molecular complexity index is 393. The highest BCUT2D eigenvalue weighted by molar-refractivity contribution is 5.96. The van der Waals surface area contributed by atoms with Crippen LogP contribution in [0.3, 0.4) is 0 Å². The van der Waals surface area contributed by atoms with E-state index in [4.69, 9.17) is 4.74 Å². The lowest BCUT2D eigenvalue weighted by Gasteiger charge is -2.07. The highest BCUT2D eigenvalue weighted by Crippen LogP contribution is 2.15. The van der Waals surface area contributed by atoms with Crippen LogP contribution in [0.5, 0.6) is 0 Å². The second kappa shape index (κ2) is 5.82. The molecule has 94 valence electrons. The summed E-state index contributed by atoms with van der Waals surface area (Å²) in [6, 6.07) is 1.38. The molecule has 0 fully saturated rings. The Hall–Kier alpha value is -1.36. The van der Waals surface area contributed by atoms with Gasteiger partial charge in [-0.1, -0.05) is 0 Å². The van der Waals surface area contributed by atoms with Crippen molar-refractivity contribution in [2.45, 2.75) is 26.4 Å². The second-order valence-electron chi connectivity index (χ2n) is 3.85. The van der Waals surface area contributed by atoms with Crippen molar-refractivity contribution in [1.29, 1.82) is 0 Å². The predicted molar refractivity (Wildman–Crippen MR) is 56.4 cm³/mol. The lowest BCUT2D eigenvalue weighted by molar-refractivity contribution is 0.0677. The fraction of sp³-hybridized carbons (Fsp3) is 0.417. The van der Waals surface area contributed by atoms with Crippen LogP contribution in [0.4, 0.5) is 13.2 Å². The fourth-order valence-corrected chi connectivity index (χ4v) is 1.25. The number of benzene rings is 1. The van der Waals surface area contributed by atoms with Gasteiger partial charge in [0.1, 0.15) is 0 Å². The van der Waals surface area contributed by atoms with Crippen LogP contribution in [-0.2, 0) is 4.74 Å². The highest BCUT2D eigenvalue weighted by atomic mass is 19.2. The molecular formula is C12H13F3O2. The van der Waals surface area contributed by atoms with Crippen molar-refractivity contribution in [2.24, 2.45) is 0 Å². The summed E-state index contributed by atoms with van der Waals surface area (Å²) < 4.78 is 43.5. The maximum absolute atomic E-state index is 12.9. The molecule has 0 amide bonds. The molecule has 0 spiro atoms. The summed E-state index contributed by atoms with van der Waals surface area (Å²) in [5.41, 5.74) is -0.186. The van der Waals surface area contributed by atoms with Crippen molar-refractivity contribution in [1.82, 2.24) is 0 Å². The van der Waals surface area contributed by atoms with Gasteiger partial charge in [0.25, 0.3) is 0 Å². The van der Waals surface area contributed by atoms with Crippen molar-refractivity contribution in [2.75, 3.05) is 6.61 Å². The first kappa shape index (κ1) is 13.7. The average molecular weight is 246 g/mol. The van der Waals surface area contributed by atoms with E-state index >= 15 is 0 Å². The van der Waals surface area contributed by atoms with Crippen molar-refractivity contribution in [3.63, 3.8) is 0 Å². The van der Waals surface area contributed by atoms with Gasteiger partial charge in [-0.25, -0.2) is 13.2 Å². The van der Waals surface area contributed by atoms with Crippen molar-refractivity contribution >= 4 is 5.78 Å². The molecule has 0 atom stereocenters. The van der Waals surface area contributed by atoms with Crippen molar-refractivity contribution in [3.8, 4) is 0 Å². The van der Waals surface area contributed by atoms with Crippen LogP contribution in [0.2, 0.25) is 0 Å². The maximum Gasteiger partial charge on any atom is 0.194 e. The standard InChI is InChI=1S/C12H13F3O2/c1-7(2)17-4-3-11(16)8-5-9(13)12(15)10(14)6-8/h5-7H,3-4H2,1-2H3. The number of carbonyl (C=O) groups is 1. The molecule has 0 saturated heterocycles. The third-order valence-electron chi connectivity index (χ3n) is 2.09. The van der Waals surface area contributed by atoms with E-state index in [1.807, 2.05) is 13.8 Å². The SMILES string of the molecule is CC(C)OCCC(=O)c1cc(F)c(F)c(F)c1. The Balaban J connectivity index is 2.70. The van der Waals surface area contributed by atoms with Gasteiger partial charge < -0.3 is 4.74 Å². The smallest absolute Gasteiger partial charge is 0.194 e. The van der Waals surface area contributed by atoms with Gasteiger partial charge in [-0.05, 0) is 26.0 Å². The van der Waals surface area contributed by atoms with E-state index < -0.39 is 23.2 Å². The van der Waals surface area contributed by atoms with Gasteiger partial charge in [0.2, 0.25) is 0 Å². The number of halogens is 3. The van der Waals surface area contributed by atoms with Gasteiger partial charge in [0, 0.05) is 12.0 Å². The Labute approximate surface area is 97.4 Å². The third-order valence-corrected chi connectivity index (χ3v) is 2.09. The molecule has 0 N–H and O–H groups in total. The van der Waals surface area contributed by atoms with E-state index in [2.05, 4.69) is 0 Å². The minimum atomic E-state index is -1.57. The zero-order valence-electron chi connectivity index (χ0n) is 9.60. The van der Waals surface area contributed by atoms with Crippen LogP contribution in [0.15, 0.2) is 12.1 Å². The molecule has 2 nitrogen and oxygen atoms in total. The van der Waals surface area contributed by atoms with Crippen molar-refractivity contribution in [3.05, 3.63) is 35.1 Å². The largest absolute Gasteiger partial charge is 0.378 e. The van der Waals surface area contributed by atoms with E-state index in [-0.39, 0.29) is 24.7 Å². The van der Waals surface area contributed by atoms with Gasteiger partial charge >= 0.3 is 0 Å². The number of hydrogen-bond acceptors (Lipinski definition) is 2. The van der Waals surface area contributed by atoms with E-state index in [1.54, 1.807) is 0 Å². The quantitative estimate of drug-likeness (QED) is 0.589. The molecular weight excluding hydrogens is 233 g/mol. The lowest BCUT2D eigenvalue weighted by Crippen LogP contribution is -2.10. The summed E-state index contributed by atoms with van der Waals surface area (Å²) >= 11 is 0. The lowest BCUT2D eigenvalue weighted by atomic mass is 10.1. The van der Waals surface area contributed by atoms with E-state index in [0.29, 0.717) is 12.1 Å². The van der Waals surface area contributed by atoms with Gasteiger partial charge in [0.15, 0.2) is 23.2 Å². The van der Waals surface area contributed by atoms with Crippen LogP contribution >= 0.6 is 0 Å². The van der Waals surface area contributed by atoms with Gasteiger partial charge in [0.05, 0.1) is 12.7 Å². The van der Waals surface area contributed by atoms with E-state index in [9.17, 15) is 18.0 Å². The minimum absolute atomic E-state index is 0.00267. The fourth-order valence-electron chi connectivity index (χ4n) is 1.25. The molecule has 0 aromatic heterocycles. The number of ketones is 1. The summed E-state index contributed by atoms with van der Waals surface area (Å²) in [5.74, 6) is -4.78. The molecule has 0 aliphatic carbocycles. The van der Waals surface area contributed by atoms with Crippen molar-refractivity contribution < 1.29 is 22.7 Å². The number of carbonyl (C=O) groups excluding carboxylic acids is 1. The molecule has 0 bridgehead atoms. The molecule has 1 rings (SSSR count). The number of Topliss-reactive ketones (excluding diaryl/α,β-unsaturated/α-hetero) is 1. The first-order valence-corrected chi connectivity index (χ1v) is 5.21. The predicted octanol–water partition coefficient (Wildman–Crippen LogP) is 3.10. The monoisotopic (exact) mass is 246 g/mol. The normalized spacial score (nSPS) is 10.9. The molecule has 1 aromatic rings. The zero-order chi connectivity index (χ0) is 13.0. The second-order valence-corrected chi connectivity index (χ2v) is 3.85. The summed E-state index contributed by atoms with van der Waals surface area (Å²) in [6.07, 6.45) is -0.0209. The molecule has 0 aliphatic heterocycles. The molecule has 17 heavy (non-hydrogen) atoms. The highest BCUT2D eigenvalue weighted by Gasteiger charge is 2.14. The number of rotatable bonds is 5. The van der Waals surface area contributed by atoms with Gasteiger partial charge in [-0.2, -0.15) is 0 Å². The number of ether oxygens (including phenoxy) is 1. The Kier molecular flexibility index (Phi) is 4.69. The summed E-state index contributed by atoms with van der Waals surface area (Å²) in [5, 5.41) is 0. The van der Waals surface area contributed by atoms with E-state index in [1.165, 1.54) is 0 Å². The van der Waals surface area contributed by atoms with Crippen LogP contribution in [0.25, 0.3) is 0 Å². The van der Waals surface area contributed by atoms with Crippen LogP contribution in [-0.4, -0.2) is 18.5 Å². The number of hydrogen-bond donors (Lipinski definition) is 0. The van der Waals surface area contributed by atoms with Crippen LogP contribution in [0, 0.1) is 17.5 Å². The van der Waals surface area contributed by atoms with Gasteiger partial charge in [-0.15, -0.1) is 0 Å². The summed E-state index contributed by atoms with van der Waals surface area (Å²) in [6.45, 7) is 3.78. The first-order chi connectivity index (χ1) is 7.91. The van der Waals surface area contributed by atoms with E-state index in [0.717, 1.165) is 0 Å². The summed E-state index contributed by atoms with van der Waals surface area (Å²) in [7, 11) is 0. The van der Waals surface area contributed by atoms with Crippen LogP contribution in [0.1, 0.15) is 30.6 Å². The molecule has 1 aromatic carbocycles. The van der Waals surface area contributed by atoms with Gasteiger partial charge in [-0.3, -0.25) is 4.79 Å². The molecule has 0 aliphatic rings. The Morgan fingerprint density at radius 2 is 1.76 bits per heavy atom. The maximum atomic E-state index is 12.9. The van der Waals surface area contributed by atoms with Crippen LogP contribution < -0.4 is 0 Å². The third kappa shape index (κ3) is 3.85. The first-order valence-electron chi connectivity index (χ1n) is 5.21. The summed E-state index contributed by atoms with van der Waals surface area (Å²) in [4.78, 5) is 11.5. The molecule has 0 saturated carbocycles. The minimum Gasteiger partial charge on any atom is -0.378 e. The topological polar surface area (TPSA) is 26.3 Å². The zero-order valence-corrected chi connectivity index (χ0v) is 9.60.